The first kappa shape index (κ1) is 16.5. The van der Waals surface area contributed by atoms with E-state index in [1.165, 1.54) is 0 Å². The van der Waals surface area contributed by atoms with Crippen molar-refractivity contribution in [2.75, 3.05) is 4.90 Å². The van der Waals surface area contributed by atoms with Crippen molar-refractivity contribution < 1.29 is 9.53 Å². The Morgan fingerprint density at radius 1 is 1.23 bits per heavy atom. The van der Waals surface area contributed by atoms with Crippen molar-refractivity contribution in [3.8, 4) is 0 Å². The van der Waals surface area contributed by atoms with Gasteiger partial charge in [0.05, 0.1) is 18.4 Å². The molecule has 2 rings (SSSR count). The molecule has 0 N–H and O–H groups in total. The van der Waals surface area contributed by atoms with E-state index in [1.807, 2.05) is 57.2 Å². The normalized spacial score (nSPS) is 11.1. The zero-order chi connectivity index (χ0) is 16.2. The third-order valence-electron chi connectivity index (χ3n) is 2.80. The number of ether oxygens (including phenoxy) is 1. The number of hydrogen-bond donors (Lipinski definition) is 0. The number of anilines is 1. The smallest absolute Gasteiger partial charge is 0.415 e. The van der Waals surface area contributed by atoms with Crippen molar-refractivity contribution in [2.45, 2.75) is 32.9 Å². The van der Waals surface area contributed by atoms with Gasteiger partial charge in [0, 0.05) is 10.7 Å². The molecule has 0 unspecified atom stereocenters. The predicted octanol–water partition coefficient (Wildman–Crippen LogP) is 4.79. The zero-order valence-electron chi connectivity index (χ0n) is 12.9. The first-order valence-corrected chi connectivity index (χ1v) is 7.79. The summed E-state index contributed by atoms with van der Waals surface area (Å²) < 4.78 is 6.32. The molecule has 0 spiro atoms. The van der Waals surface area contributed by atoms with E-state index in [4.69, 9.17) is 4.74 Å². The summed E-state index contributed by atoms with van der Waals surface area (Å²) in [6, 6.07) is 11.6. The number of carbonyl (C=O) groups is 1. The van der Waals surface area contributed by atoms with Gasteiger partial charge in [0.2, 0.25) is 0 Å². The molecule has 1 amide bonds. The number of amides is 1. The molecule has 0 aliphatic carbocycles. The lowest BCUT2D eigenvalue weighted by Gasteiger charge is -2.27. The SMILES string of the molecule is CC(C)(C)OC(=O)N(Cc1ccccc1)c1cncc(Br)c1. The molecule has 2 aromatic rings. The second-order valence-electron chi connectivity index (χ2n) is 5.91. The van der Waals surface area contributed by atoms with Crippen molar-refractivity contribution in [3.05, 3.63) is 58.8 Å². The summed E-state index contributed by atoms with van der Waals surface area (Å²) in [6.07, 6.45) is 2.94. The standard InChI is InChI=1S/C17H19BrN2O2/c1-17(2,3)22-16(21)20(12-13-7-5-4-6-8-13)15-9-14(18)10-19-11-15/h4-11H,12H2,1-3H3. The molecule has 1 aromatic heterocycles. The Morgan fingerprint density at radius 2 is 1.91 bits per heavy atom. The molecule has 0 atom stereocenters. The highest BCUT2D eigenvalue weighted by atomic mass is 79.9. The number of nitrogens with zero attached hydrogens (tertiary/aromatic N) is 2. The number of halogens is 1. The van der Waals surface area contributed by atoms with E-state index in [1.54, 1.807) is 17.3 Å². The van der Waals surface area contributed by atoms with Crippen molar-refractivity contribution in [2.24, 2.45) is 0 Å². The van der Waals surface area contributed by atoms with Gasteiger partial charge >= 0.3 is 6.09 Å². The van der Waals surface area contributed by atoms with Crippen LogP contribution in [0.5, 0.6) is 0 Å². The molecular formula is C17H19BrN2O2. The first-order chi connectivity index (χ1) is 10.3. The molecule has 5 heteroatoms. The maximum atomic E-state index is 12.5. The lowest BCUT2D eigenvalue weighted by molar-refractivity contribution is 0.0577. The topological polar surface area (TPSA) is 42.4 Å². The van der Waals surface area contributed by atoms with Crippen LogP contribution >= 0.6 is 15.9 Å². The van der Waals surface area contributed by atoms with E-state index in [-0.39, 0.29) is 0 Å². The van der Waals surface area contributed by atoms with Crippen LogP contribution in [0.15, 0.2) is 53.3 Å². The number of benzene rings is 1. The fraction of sp³-hybridized carbons (Fsp3) is 0.294. The van der Waals surface area contributed by atoms with Crippen LogP contribution in [0, 0.1) is 0 Å². The van der Waals surface area contributed by atoms with Crippen molar-refractivity contribution in [1.82, 2.24) is 4.98 Å². The molecule has 0 saturated carbocycles. The predicted molar refractivity (Wildman–Crippen MR) is 90.8 cm³/mol. The fourth-order valence-corrected chi connectivity index (χ4v) is 2.25. The van der Waals surface area contributed by atoms with E-state index in [0.29, 0.717) is 12.2 Å². The summed E-state index contributed by atoms with van der Waals surface area (Å²) in [6.45, 7) is 5.98. The van der Waals surface area contributed by atoms with Gasteiger partial charge in [-0.3, -0.25) is 9.88 Å². The van der Waals surface area contributed by atoms with Gasteiger partial charge in [-0.15, -0.1) is 0 Å². The van der Waals surface area contributed by atoms with E-state index in [9.17, 15) is 4.79 Å². The fourth-order valence-electron chi connectivity index (χ4n) is 1.89. The third-order valence-corrected chi connectivity index (χ3v) is 3.23. The van der Waals surface area contributed by atoms with E-state index < -0.39 is 11.7 Å². The van der Waals surface area contributed by atoms with Crippen molar-refractivity contribution in [3.63, 3.8) is 0 Å². The largest absolute Gasteiger partial charge is 0.443 e. The molecule has 0 aliphatic heterocycles. The van der Waals surface area contributed by atoms with Crippen LogP contribution in [0.1, 0.15) is 26.3 Å². The Kier molecular flexibility index (Phi) is 5.19. The second-order valence-corrected chi connectivity index (χ2v) is 6.83. The Labute approximate surface area is 139 Å². The molecule has 0 bridgehead atoms. The van der Waals surface area contributed by atoms with Crippen LogP contribution in [0.25, 0.3) is 0 Å². The second kappa shape index (κ2) is 6.92. The number of hydrogen-bond acceptors (Lipinski definition) is 3. The molecule has 1 aromatic carbocycles. The van der Waals surface area contributed by atoms with Gasteiger partial charge in [0.1, 0.15) is 5.60 Å². The molecule has 116 valence electrons. The van der Waals surface area contributed by atoms with E-state index in [0.717, 1.165) is 10.0 Å². The van der Waals surface area contributed by atoms with Gasteiger partial charge < -0.3 is 4.74 Å². The summed E-state index contributed by atoms with van der Waals surface area (Å²) in [5, 5.41) is 0. The van der Waals surface area contributed by atoms with Crippen LogP contribution in [0.3, 0.4) is 0 Å². The molecule has 22 heavy (non-hydrogen) atoms. The minimum absolute atomic E-state index is 0.392. The van der Waals surface area contributed by atoms with E-state index >= 15 is 0 Å². The molecule has 0 saturated heterocycles. The van der Waals surface area contributed by atoms with Crippen molar-refractivity contribution >= 4 is 27.7 Å². The van der Waals surface area contributed by atoms with Crippen LogP contribution in [-0.2, 0) is 11.3 Å². The Morgan fingerprint density at radius 3 is 2.50 bits per heavy atom. The van der Waals surface area contributed by atoms with E-state index in [2.05, 4.69) is 20.9 Å². The van der Waals surface area contributed by atoms with Gasteiger partial charge in [0.15, 0.2) is 0 Å². The molecule has 4 nitrogen and oxygen atoms in total. The highest BCUT2D eigenvalue weighted by Crippen LogP contribution is 2.23. The quantitative estimate of drug-likeness (QED) is 0.788. The molecule has 0 radical (unpaired) electrons. The highest BCUT2D eigenvalue weighted by molar-refractivity contribution is 9.10. The van der Waals surface area contributed by atoms with Crippen LogP contribution in [0.4, 0.5) is 10.5 Å². The number of carbonyl (C=O) groups excluding carboxylic acids is 1. The maximum Gasteiger partial charge on any atom is 0.415 e. The van der Waals surface area contributed by atoms with Crippen molar-refractivity contribution in [1.29, 1.82) is 0 Å². The van der Waals surface area contributed by atoms with Crippen LogP contribution in [-0.4, -0.2) is 16.7 Å². The summed E-state index contributed by atoms with van der Waals surface area (Å²) in [5.41, 5.74) is 1.16. The third kappa shape index (κ3) is 4.84. The minimum atomic E-state index is -0.550. The van der Waals surface area contributed by atoms with Gasteiger partial charge in [-0.25, -0.2) is 4.79 Å². The average Bonchev–Trinajstić information content (AvgIpc) is 2.44. The van der Waals surface area contributed by atoms with Gasteiger partial charge in [-0.2, -0.15) is 0 Å². The summed E-state index contributed by atoms with van der Waals surface area (Å²) in [5.74, 6) is 0. The van der Waals surface area contributed by atoms with Crippen LogP contribution < -0.4 is 4.90 Å². The number of rotatable bonds is 3. The molecule has 0 fully saturated rings. The molecule has 0 aliphatic rings. The number of pyridine rings is 1. The van der Waals surface area contributed by atoms with Crippen LogP contribution in [0.2, 0.25) is 0 Å². The maximum absolute atomic E-state index is 12.5. The minimum Gasteiger partial charge on any atom is -0.443 e. The Balaban J connectivity index is 2.30. The summed E-state index contributed by atoms with van der Waals surface area (Å²) >= 11 is 3.39. The summed E-state index contributed by atoms with van der Waals surface area (Å²) in [4.78, 5) is 18.2. The molecule has 1 heterocycles. The highest BCUT2D eigenvalue weighted by Gasteiger charge is 2.24. The zero-order valence-corrected chi connectivity index (χ0v) is 14.5. The molecular weight excluding hydrogens is 344 g/mol. The van der Waals surface area contributed by atoms with Gasteiger partial charge in [-0.05, 0) is 48.3 Å². The monoisotopic (exact) mass is 362 g/mol. The summed E-state index contributed by atoms with van der Waals surface area (Å²) in [7, 11) is 0. The van der Waals surface area contributed by atoms with Gasteiger partial charge in [-0.1, -0.05) is 30.3 Å². The average molecular weight is 363 g/mol. The first-order valence-electron chi connectivity index (χ1n) is 7.00. The Hall–Kier alpha value is -1.88. The van der Waals surface area contributed by atoms with Gasteiger partial charge in [0.25, 0.3) is 0 Å². The lowest BCUT2D eigenvalue weighted by atomic mass is 10.2. The lowest BCUT2D eigenvalue weighted by Crippen LogP contribution is -2.36. The Bertz CT molecular complexity index is 639. The number of aromatic nitrogens is 1.